The van der Waals surface area contributed by atoms with Crippen LogP contribution in [-0.4, -0.2) is 5.91 Å². The van der Waals surface area contributed by atoms with E-state index in [0.717, 1.165) is 12.0 Å². The first-order valence-corrected chi connectivity index (χ1v) is 10.0. The molecule has 0 aromatic heterocycles. The van der Waals surface area contributed by atoms with Crippen LogP contribution in [0.25, 0.3) is 5.57 Å². The maximum absolute atomic E-state index is 13.6. The van der Waals surface area contributed by atoms with Gasteiger partial charge in [0.15, 0.2) is 0 Å². The van der Waals surface area contributed by atoms with Gasteiger partial charge >= 0.3 is 0 Å². The van der Waals surface area contributed by atoms with Crippen molar-refractivity contribution >= 4 is 17.2 Å². The van der Waals surface area contributed by atoms with Crippen LogP contribution < -0.4 is 5.32 Å². The van der Waals surface area contributed by atoms with Crippen LogP contribution in [0.2, 0.25) is 0 Å². The van der Waals surface area contributed by atoms with E-state index in [1.165, 1.54) is 30.3 Å². The minimum Gasteiger partial charge on any atom is -0.322 e. The lowest BCUT2D eigenvalue weighted by molar-refractivity contribution is -0.113. The van der Waals surface area contributed by atoms with Crippen LogP contribution in [0, 0.1) is 29.4 Å². The summed E-state index contributed by atoms with van der Waals surface area (Å²) in [5, 5.41) is 2.88. The molecule has 3 rings (SSSR count). The summed E-state index contributed by atoms with van der Waals surface area (Å²) in [6.45, 7) is 7.62. The molecule has 31 heavy (non-hydrogen) atoms. The zero-order valence-corrected chi connectivity index (χ0v) is 17.5. The molecule has 156 valence electrons. The highest BCUT2D eigenvalue weighted by Crippen LogP contribution is 2.27. The van der Waals surface area contributed by atoms with Gasteiger partial charge in [-0.25, -0.2) is 8.78 Å². The van der Waals surface area contributed by atoms with Gasteiger partial charge in [-0.3, -0.25) is 4.79 Å². The Balaban J connectivity index is 1.87. The predicted molar refractivity (Wildman–Crippen MR) is 122 cm³/mol. The second-order valence-corrected chi connectivity index (χ2v) is 7.30. The molecule has 0 spiro atoms. The number of allylic oxidation sites excluding steroid dienone is 6. The van der Waals surface area contributed by atoms with Crippen LogP contribution in [0.3, 0.4) is 0 Å². The minimum absolute atomic E-state index is 0.0987. The lowest BCUT2D eigenvalue weighted by Crippen LogP contribution is -2.20. The maximum Gasteiger partial charge on any atom is 0.252 e. The predicted octanol–water partition coefficient (Wildman–Crippen LogP) is 6.44. The SMILES string of the molecule is C=C(C)c1cc(F)ccc1NC(=O)C1=CC=C(C#Cc2cccc(F)c2)C=CC1CC. The largest absolute Gasteiger partial charge is 0.322 e. The second kappa shape index (κ2) is 9.86. The van der Waals surface area contributed by atoms with Crippen molar-refractivity contribution in [2.24, 2.45) is 5.92 Å². The molecule has 1 aliphatic rings. The summed E-state index contributed by atoms with van der Waals surface area (Å²) in [5.41, 5.74) is 3.61. The fourth-order valence-corrected chi connectivity index (χ4v) is 3.25. The van der Waals surface area contributed by atoms with E-state index in [2.05, 4.69) is 23.7 Å². The van der Waals surface area contributed by atoms with E-state index < -0.39 is 0 Å². The molecule has 4 heteroatoms. The average molecular weight is 415 g/mol. The van der Waals surface area contributed by atoms with Crippen LogP contribution in [0.1, 0.15) is 31.4 Å². The van der Waals surface area contributed by atoms with E-state index in [4.69, 9.17) is 0 Å². The Labute approximate surface area is 181 Å². The third kappa shape index (κ3) is 5.67. The lowest BCUT2D eigenvalue weighted by Gasteiger charge is -2.16. The summed E-state index contributed by atoms with van der Waals surface area (Å²) in [4.78, 5) is 13.0. The van der Waals surface area contributed by atoms with Crippen LogP contribution >= 0.6 is 0 Å². The topological polar surface area (TPSA) is 29.1 Å². The summed E-state index contributed by atoms with van der Waals surface area (Å²) in [6.07, 6.45) is 8.06. The molecule has 0 bridgehead atoms. The van der Waals surface area contributed by atoms with Gasteiger partial charge in [-0.1, -0.05) is 43.6 Å². The number of hydrogen-bond acceptors (Lipinski definition) is 1. The Kier molecular flexibility index (Phi) is 6.99. The molecule has 2 nitrogen and oxygen atoms in total. The molecule has 0 fully saturated rings. The molecule has 0 saturated heterocycles. The molecule has 2 aromatic rings. The Morgan fingerprint density at radius 1 is 1.10 bits per heavy atom. The highest BCUT2D eigenvalue weighted by molar-refractivity contribution is 6.06. The van der Waals surface area contributed by atoms with Gasteiger partial charge < -0.3 is 5.32 Å². The summed E-state index contributed by atoms with van der Waals surface area (Å²) < 4.78 is 27.0. The van der Waals surface area contributed by atoms with Gasteiger partial charge in [0, 0.05) is 33.9 Å². The summed E-state index contributed by atoms with van der Waals surface area (Å²) >= 11 is 0. The summed E-state index contributed by atoms with van der Waals surface area (Å²) in [5.74, 6) is 4.87. The van der Waals surface area contributed by atoms with E-state index in [-0.39, 0.29) is 23.5 Å². The van der Waals surface area contributed by atoms with Crippen LogP contribution in [0.4, 0.5) is 14.5 Å². The van der Waals surface area contributed by atoms with Gasteiger partial charge in [0.25, 0.3) is 5.91 Å². The molecule has 0 aliphatic heterocycles. The molecule has 1 N–H and O–H groups in total. The molecular weight excluding hydrogens is 392 g/mol. The van der Waals surface area contributed by atoms with E-state index in [0.29, 0.717) is 28.0 Å². The Morgan fingerprint density at radius 2 is 1.87 bits per heavy atom. The Morgan fingerprint density at radius 3 is 2.58 bits per heavy atom. The number of carbonyl (C=O) groups excluding carboxylic acids is 1. The number of benzene rings is 2. The number of rotatable bonds is 4. The lowest BCUT2D eigenvalue weighted by atomic mass is 9.95. The molecule has 0 saturated carbocycles. The van der Waals surface area contributed by atoms with Crippen molar-refractivity contribution in [2.75, 3.05) is 5.32 Å². The molecular formula is C27H23F2NO. The van der Waals surface area contributed by atoms with Gasteiger partial charge in [0.2, 0.25) is 0 Å². The third-order valence-corrected chi connectivity index (χ3v) is 4.92. The number of nitrogens with one attached hydrogen (secondary N) is 1. The number of anilines is 1. The molecule has 1 amide bonds. The van der Waals surface area contributed by atoms with Crippen molar-refractivity contribution < 1.29 is 13.6 Å². The van der Waals surface area contributed by atoms with Crippen molar-refractivity contribution in [3.63, 3.8) is 0 Å². The molecule has 1 aliphatic carbocycles. The fraction of sp³-hybridized carbons (Fsp3) is 0.148. The van der Waals surface area contributed by atoms with E-state index in [9.17, 15) is 13.6 Å². The zero-order chi connectivity index (χ0) is 22.4. The number of carbonyl (C=O) groups is 1. The first kappa shape index (κ1) is 22.0. The number of hydrogen-bond donors (Lipinski definition) is 1. The van der Waals surface area contributed by atoms with Crippen molar-refractivity contribution in [3.8, 4) is 11.8 Å². The molecule has 0 radical (unpaired) electrons. The highest BCUT2D eigenvalue weighted by atomic mass is 19.1. The van der Waals surface area contributed by atoms with Crippen LogP contribution in [-0.2, 0) is 4.79 Å². The monoisotopic (exact) mass is 415 g/mol. The van der Waals surface area contributed by atoms with E-state index in [1.54, 1.807) is 31.2 Å². The van der Waals surface area contributed by atoms with E-state index >= 15 is 0 Å². The molecule has 1 unspecified atom stereocenters. The Hall–Kier alpha value is -3.71. The maximum atomic E-state index is 13.6. The highest BCUT2D eigenvalue weighted by Gasteiger charge is 2.19. The van der Waals surface area contributed by atoms with Crippen molar-refractivity contribution in [3.05, 3.63) is 107 Å². The van der Waals surface area contributed by atoms with Crippen molar-refractivity contribution in [1.82, 2.24) is 0 Å². The smallest absolute Gasteiger partial charge is 0.252 e. The first-order valence-electron chi connectivity index (χ1n) is 10.0. The number of amides is 1. The van der Waals surface area contributed by atoms with Gasteiger partial charge in [0.1, 0.15) is 11.6 Å². The third-order valence-electron chi connectivity index (χ3n) is 4.92. The van der Waals surface area contributed by atoms with Crippen LogP contribution in [0.15, 0.2) is 84.5 Å². The quantitative estimate of drug-likeness (QED) is 0.572. The molecule has 1 atom stereocenters. The van der Waals surface area contributed by atoms with Crippen molar-refractivity contribution in [1.29, 1.82) is 0 Å². The van der Waals surface area contributed by atoms with Gasteiger partial charge in [0.05, 0.1) is 0 Å². The normalized spacial score (nSPS) is 15.2. The van der Waals surface area contributed by atoms with Crippen LogP contribution in [0.5, 0.6) is 0 Å². The van der Waals surface area contributed by atoms with Gasteiger partial charge in [-0.15, -0.1) is 0 Å². The average Bonchev–Trinajstić information content (AvgIpc) is 2.95. The molecule has 2 aromatic carbocycles. The fourth-order valence-electron chi connectivity index (χ4n) is 3.25. The Bertz CT molecular complexity index is 1180. The first-order chi connectivity index (χ1) is 14.9. The summed E-state index contributed by atoms with van der Waals surface area (Å²) in [7, 11) is 0. The van der Waals surface area contributed by atoms with E-state index in [1.807, 2.05) is 19.1 Å². The number of halogens is 2. The standard InChI is InChI=1S/C27H23F2NO/c1-4-21-12-10-19(8-9-20-6-5-7-22(28)16-20)11-14-24(21)27(31)30-26-15-13-23(29)17-25(26)18(2)3/h5-7,10-17,21H,2,4H2,1,3H3,(H,30,31). The minimum atomic E-state index is -0.386. The van der Waals surface area contributed by atoms with Gasteiger partial charge in [-0.2, -0.15) is 0 Å². The summed E-state index contributed by atoms with van der Waals surface area (Å²) in [6, 6.07) is 10.3. The molecule has 0 heterocycles. The van der Waals surface area contributed by atoms with Gasteiger partial charge in [-0.05, 0) is 67.5 Å². The second-order valence-electron chi connectivity index (χ2n) is 7.30. The zero-order valence-electron chi connectivity index (χ0n) is 17.5. The van der Waals surface area contributed by atoms with Crippen molar-refractivity contribution in [2.45, 2.75) is 20.3 Å².